The molecule has 0 aromatic carbocycles. The SMILES string of the molecule is C=C1CCC(=O)CCC[C@H]2[C@H]1C[C@]2(C)C(=O)CCC(C)OC(C)=O. The van der Waals surface area contributed by atoms with Crippen molar-refractivity contribution < 1.29 is 19.1 Å². The predicted molar refractivity (Wildman–Crippen MR) is 92.4 cm³/mol. The van der Waals surface area contributed by atoms with Gasteiger partial charge < -0.3 is 4.74 Å². The van der Waals surface area contributed by atoms with Gasteiger partial charge in [-0.05, 0) is 50.9 Å². The molecular weight excluding hydrogens is 304 g/mol. The molecule has 1 unspecified atom stereocenters. The Labute approximate surface area is 145 Å². The van der Waals surface area contributed by atoms with E-state index in [2.05, 4.69) is 13.5 Å². The van der Waals surface area contributed by atoms with Crippen LogP contribution in [0.3, 0.4) is 0 Å². The second-order valence-corrected chi connectivity index (χ2v) is 7.81. The molecule has 4 nitrogen and oxygen atoms in total. The molecule has 0 bridgehead atoms. The van der Waals surface area contributed by atoms with E-state index in [-0.39, 0.29) is 23.3 Å². The van der Waals surface area contributed by atoms with Gasteiger partial charge in [0.2, 0.25) is 0 Å². The Morgan fingerprint density at radius 3 is 2.71 bits per heavy atom. The molecule has 2 aliphatic carbocycles. The smallest absolute Gasteiger partial charge is 0.302 e. The molecule has 2 rings (SSSR count). The van der Waals surface area contributed by atoms with Crippen LogP contribution in [0.15, 0.2) is 12.2 Å². The van der Waals surface area contributed by atoms with Gasteiger partial charge in [0.1, 0.15) is 11.6 Å². The van der Waals surface area contributed by atoms with Crippen molar-refractivity contribution in [3.63, 3.8) is 0 Å². The molecule has 0 heterocycles. The van der Waals surface area contributed by atoms with Crippen LogP contribution in [0.2, 0.25) is 0 Å². The summed E-state index contributed by atoms with van der Waals surface area (Å²) in [7, 11) is 0. The van der Waals surface area contributed by atoms with Crippen LogP contribution < -0.4 is 0 Å². The fourth-order valence-electron chi connectivity index (χ4n) is 4.39. The third kappa shape index (κ3) is 4.14. The first-order chi connectivity index (χ1) is 11.2. The van der Waals surface area contributed by atoms with E-state index >= 15 is 0 Å². The largest absolute Gasteiger partial charge is 0.463 e. The fourth-order valence-corrected chi connectivity index (χ4v) is 4.39. The van der Waals surface area contributed by atoms with E-state index < -0.39 is 0 Å². The molecule has 0 radical (unpaired) electrons. The lowest BCUT2D eigenvalue weighted by Crippen LogP contribution is -2.51. The third-order valence-corrected chi connectivity index (χ3v) is 5.95. The molecule has 4 heteroatoms. The number of carbonyl (C=O) groups is 3. The standard InChI is InChI=1S/C20H30O4/c1-13-8-10-16(22)6-5-7-18-17(13)12-20(18,4)19(23)11-9-14(2)24-15(3)21/h14,17-18H,1,5-12H2,2-4H3/t14?,17-,18-,20-/m0/s1. The molecule has 0 N–H and O–H groups in total. The average molecular weight is 334 g/mol. The number of rotatable bonds is 5. The van der Waals surface area contributed by atoms with Gasteiger partial charge in [0.05, 0.1) is 6.10 Å². The topological polar surface area (TPSA) is 60.4 Å². The highest BCUT2D eigenvalue weighted by Gasteiger charge is 2.54. The number of Topliss-reactive ketones (excluding diaryl/α,β-unsaturated/α-hetero) is 2. The lowest BCUT2D eigenvalue weighted by atomic mass is 9.49. The molecule has 24 heavy (non-hydrogen) atoms. The van der Waals surface area contributed by atoms with Gasteiger partial charge >= 0.3 is 5.97 Å². The number of ether oxygens (including phenoxy) is 1. The lowest BCUT2D eigenvalue weighted by molar-refractivity contribution is -0.149. The molecule has 134 valence electrons. The Kier molecular flexibility index (Phi) is 6.00. The first-order valence-electron chi connectivity index (χ1n) is 9.14. The third-order valence-electron chi connectivity index (χ3n) is 5.95. The lowest BCUT2D eigenvalue weighted by Gasteiger charge is -2.53. The van der Waals surface area contributed by atoms with Crippen molar-refractivity contribution in [2.24, 2.45) is 17.3 Å². The van der Waals surface area contributed by atoms with E-state index in [4.69, 9.17) is 4.74 Å². The highest BCUT2D eigenvalue weighted by Crippen LogP contribution is 2.57. The zero-order chi connectivity index (χ0) is 17.9. The van der Waals surface area contributed by atoms with Gasteiger partial charge in [-0.1, -0.05) is 19.1 Å². The molecular formula is C20H30O4. The number of allylic oxidation sites excluding steroid dienone is 1. The van der Waals surface area contributed by atoms with Crippen LogP contribution in [0.5, 0.6) is 0 Å². The van der Waals surface area contributed by atoms with Crippen molar-refractivity contribution in [1.82, 2.24) is 0 Å². The molecule has 0 aromatic rings. The maximum absolute atomic E-state index is 12.8. The van der Waals surface area contributed by atoms with E-state index in [1.54, 1.807) is 0 Å². The highest BCUT2D eigenvalue weighted by molar-refractivity contribution is 5.86. The van der Waals surface area contributed by atoms with Crippen LogP contribution in [0, 0.1) is 17.3 Å². The minimum absolute atomic E-state index is 0.223. The molecule has 0 spiro atoms. The van der Waals surface area contributed by atoms with Gasteiger partial charge in [-0.2, -0.15) is 0 Å². The molecule has 2 saturated carbocycles. The van der Waals surface area contributed by atoms with E-state index in [0.717, 1.165) is 31.3 Å². The van der Waals surface area contributed by atoms with Gasteiger partial charge in [-0.15, -0.1) is 0 Å². The minimum atomic E-state index is -0.309. The van der Waals surface area contributed by atoms with Crippen molar-refractivity contribution in [2.75, 3.05) is 0 Å². The maximum Gasteiger partial charge on any atom is 0.302 e. The first kappa shape index (κ1) is 18.9. The summed E-state index contributed by atoms with van der Waals surface area (Å²) in [6.07, 6.45) is 5.46. The summed E-state index contributed by atoms with van der Waals surface area (Å²) in [6, 6.07) is 0. The second kappa shape index (κ2) is 7.62. The van der Waals surface area contributed by atoms with Gasteiger partial charge in [0, 0.05) is 31.6 Å². The highest BCUT2D eigenvalue weighted by atomic mass is 16.5. The van der Waals surface area contributed by atoms with Crippen LogP contribution in [0.4, 0.5) is 0 Å². The van der Waals surface area contributed by atoms with Gasteiger partial charge in [-0.3, -0.25) is 14.4 Å². The minimum Gasteiger partial charge on any atom is -0.463 e. The van der Waals surface area contributed by atoms with E-state index in [1.165, 1.54) is 6.92 Å². The first-order valence-corrected chi connectivity index (χ1v) is 9.14. The van der Waals surface area contributed by atoms with Crippen LogP contribution in [0.1, 0.15) is 72.1 Å². The van der Waals surface area contributed by atoms with Gasteiger partial charge in [-0.25, -0.2) is 0 Å². The summed E-state index contributed by atoms with van der Waals surface area (Å²) in [6.45, 7) is 9.47. The Morgan fingerprint density at radius 2 is 2.04 bits per heavy atom. The number of carbonyl (C=O) groups excluding carboxylic acids is 3. The number of fused-ring (bicyclic) bond motifs is 1. The van der Waals surface area contributed by atoms with Crippen molar-refractivity contribution >= 4 is 17.5 Å². The molecule has 4 atom stereocenters. The fraction of sp³-hybridized carbons (Fsp3) is 0.750. The van der Waals surface area contributed by atoms with Crippen LogP contribution in [0.25, 0.3) is 0 Å². The monoisotopic (exact) mass is 334 g/mol. The average Bonchev–Trinajstić information content (AvgIpc) is 2.55. The van der Waals surface area contributed by atoms with E-state index in [0.29, 0.717) is 43.3 Å². The summed E-state index contributed by atoms with van der Waals surface area (Å²) in [4.78, 5) is 35.6. The summed E-state index contributed by atoms with van der Waals surface area (Å²) in [5.74, 6) is 0.979. The molecule has 2 fully saturated rings. The Hall–Kier alpha value is -1.45. The molecule has 0 aliphatic heterocycles. The summed E-state index contributed by atoms with van der Waals surface area (Å²) < 4.78 is 5.11. The predicted octanol–water partition coefficient (Wildman–Crippen LogP) is 4.02. The normalized spacial score (nSPS) is 31.8. The summed E-state index contributed by atoms with van der Waals surface area (Å²) >= 11 is 0. The van der Waals surface area contributed by atoms with E-state index in [1.807, 2.05) is 6.92 Å². The zero-order valence-electron chi connectivity index (χ0n) is 15.2. The van der Waals surface area contributed by atoms with Crippen LogP contribution >= 0.6 is 0 Å². The number of esters is 1. The summed E-state index contributed by atoms with van der Waals surface area (Å²) in [5.41, 5.74) is 0.838. The molecule has 0 aromatic heterocycles. The van der Waals surface area contributed by atoms with Crippen LogP contribution in [-0.4, -0.2) is 23.6 Å². The quantitative estimate of drug-likeness (QED) is 0.563. The second-order valence-electron chi connectivity index (χ2n) is 7.81. The van der Waals surface area contributed by atoms with Gasteiger partial charge in [0.15, 0.2) is 0 Å². The molecule has 2 aliphatic rings. The molecule has 0 saturated heterocycles. The van der Waals surface area contributed by atoms with Crippen molar-refractivity contribution in [3.05, 3.63) is 12.2 Å². The Morgan fingerprint density at radius 1 is 1.33 bits per heavy atom. The Balaban J connectivity index is 1.97. The maximum atomic E-state index is 12.8. The Bertz CT molecular complexity index is 536. The molecule has 0 amide bonds. The number of hydrogen-bond donors (Lipinski definition) is 0. The summed E-state index contributed by atoms with van der Waals surface area (Å²) in [5, 5.41) is 0. The van der Waals surface area contributed by atoms with Gasteiger partial charge in [0.25, 0.3) is 0 Å². The van der Waals surface area contributed by atoms with Crippen molar-refractivity contribution in [2.45, 2.75) is 78.2 Å². The van der Waals surface area contributed by atoms with E-state index in [9.17, 15) is 14.4 Å². The van der Waals surface area contributed by atoms with Crippen molar-refractivity contribution in [1.29, 1.82) is 0 Å². The van der Waals surface area contributed by atoms with Crippen LogP contribution in [-0.2, 0) is 19.1 Å². The number of ketones is 2. The zero-order valence-corrected chi connectivity index (χ0v) is 15.2. The number of hydrogen-bond acceptors (Lipinski definition) is 4. The van der Waals surface area contributed by atoms with Crippen molar-refractivity contribution in [3.8, 4) is 0 Å².